The molecule has 2 fully saturated rings. The first-order valence-electron chi connectivity index (χ1n) is 17.9. The molecule has 0 radical (unpaired) electrons. The average molecular weight is 787 g/mol. The van der Waals surface area contributed by atoms with Crippen molar-refractivity contribution in [3.63, 3.8) is 0 Å². The highest BCUT2D eigenvalue weighted by atomic mass is 35.5. The minimum absolute atomic E-state index is 0.0179. The molecule has 16 heteroatoms. The maximum atomic E-state index is 13.5. The zero-order valence-electron chi connectivity index (χ0n) is 29.3. The Bertz CT molecular complexity index is 1900. The molecule has 4 heterocycles. The van der Waals surface area contributed by atoms with Crippen molar-refractivity contribution in [3.8, 4) is 11.5 Å². The molecule has 3 aromatic rings. The number of rotatable bonds is 15. The number of carbonyl (C=O) groups is 5. The van der Waals surface area contributed by atoms with Crippen LogP contribution >= 0.6 is 23.2 Å². The molecule has 54 heavy (non-hydrogen) atoms. The lowest BCUT2D eigenvalue weighted by Gasteiger charge is -2.34. The fourth-order valence-corrected chi connectivity index (χ4v) is 7.60. The number of nitrogens with zero attached hydrogens (tertiary/aromatic N) is 3. The Morgan fingerprint density at radius 2 is 1.65 bits per heavy atom. The number of hydrogen-bond donors (Lipinski definition) is 2. The molecule has 1 unspecified atom stereocenters. The molecule has 6 rings (SSSR count). The van der Waals surface area contributed by atoms with Gasteiger partial charge >= 0.3 is 6.61 Å². The Balaban J connectivity index is 0.922. The number of fused-ring (bicyclic) bond motifs is 1. The van der Waals surface area contributed by atoms with Crippen molar-refractivity contribution >= 4 is 64.1 Å². The Kier molecular flexibility index (Phi) is 12.6. The van der Waals surface area contributed by atoms with Gasteiger partial charge in [-0.15, -0.1) is 0 Å². The van der Waals surface area contributed by atoms with E-state index in [1.165, 1.54) is 30.6 Å². The number of nitrogens with one attached hydrogen (secondary N) is 2. The van der Waals surface area contributed by atoms with Crippen molar-refractivity contribution in [1.29, 1.82) is 0 Å². The largest absolute Gasteiger partial charge is 0.490 e. The van der Waals surface area contributed by atoms with E-state index in [0.29, 0.717) is 23.6 Å². The molecule has 0 saturated carbocycles. The van der Waals surface area contributed by atoms with Gasteiger partial charge in [0.2, 0.25) is 11.8 Å². The number of pyridine rings is 1. The number of halogens is 4. The molecule has 3 aliphatic heterocycles. The molecule has 5 amide bonds. The number of anilines is 2. The third-order valence-corrected chi connectivity index (χ3v) is 10.5. The fourth-order valence-electron chi connectivity index (χ4n) is 7.14. The summed E-state index contributed by atoms with van der Waals surface area (Å²) in [5, 5.41) is 5.12. The first kappa shape index (κ1) is 38.9. The third-order valence-electron chi connectivity index (χ3n) is 9.93. The molecule has 0 aliphatic carbocycles. The lowest BCUT2D eigenvalue weighted by Crippen LogP contribution is -2.54. The lowest BCUT2D eigenvalue weighted by molar-refractivity contribution is -0.136. The predicted octanol–water partition coefficient (Wildman–Crippen LogP) is 7.28. The molecule has 2 N–H and O–H groups in total. The van der Waals surface area contributed by atoms with Crippen LogP contribution in [-0.4, -0.2) is 71.8 Å². The van der Waals surface area contributed by atoms with Crippen LogP contribution in [-0.2, 0) is 9.59 Å². The summed E-state index contributed by atoms with van der Waals surface area (Å²) in [6.45, 7) is -1.35. The Morgan fingerprint density at radius 3 is 2.37 bits per heavy atom. The molecule has 1 atom stereocenters. The first-order chi connectivity index (χ1) is 26.0. The monoisotopic (exact) mass is 785 g/mol. The second-order valence-corrected chi connectivity index (χ2v) is 14.3. The van der Waals surface area contributed by atoms with Gasteiger partial charge in [-0.05, 0) is 61.9 Å². The van der Waals surface area contributed by atoms with E-state index in [9.17, 15) is 32.8 Å². The van der Waals surface area contributed by atoms with Gasteiger partial charge in [-0.1, -0.05) is 61.4 Å². The molecule has 2 aromatic carbocycles. The van der Waals surface area contributed by atoms with Crippen LogP contribution in [0.3, 0.4) is 0 Å². The van der Waals surface area contributed by atoms with Crippen molar-refractivity contribution < 1.29 is 42.2 Å². The normalized spacial score (nSPS) is 17.5. The van der Waals surface area contributed by atoms with Crippen LogP contribution in [0.2, 0.25) is 10.0 Å². The summed E-state index contributed by atoms with van der Waals surface area (Å²) >= 11 is 12.2. The van der Waals surface area contributed by atoms with Crippen molar-refractivity contribution in [3.05, 3.63) is 75.5 Å². The molecule has 1 aromatic heterocycles. The average Bonchev–Trinajstić information content (AvgIpc) is 3.40. The third kappa shape index (κ3) is 8.92. The van der Waals surface area contributed by atoms with E-state index in [-0.39, 0.29) is 57.8 Å². The predicted molar refractivity (Wildman–Crippen MR) is 197 cm³/mol. The van der Waals surface area contributed by atoms with Gasteiger partial charge in [0.1, 0.15) is 6.04 Å². The number of imide groups is 2. The Hall–Kier alpha value is -4.82. The molecule has 0 spiro atoms. The minimum atomic E-state index is -3.07. The maximum Gasteiger partial charge on any atom is 0.387 e. The summed E-state index contributed by atoms with van der Waals surface area (Å²) in [7, 11) is 0. The number of piperidine rings is 2. The quantitative estimate of drug-likeness (QED) is 0.120. The van der Waals surface area contributed by atoms with E-state index in [2.05, 4.69) is 25.3 Å². The van der Waals surface area contributed by atoms with Crippen LogP contribution < -0.4 is 25.0 Å². The van der Waals surface area contributed by atoms with Gasteiger partial charge in [0.05, 0.1) is 39.2 Å². The highest BCUT2D eigenvalue weighted by Gasteiger charge is 2.46. The fraction of sp³-hybridized carbons (Fsp3) is 0.421. The number of aromatic nitrogens is 1. The molecular formula is C38H39Cl2F2N5O7. The minimum Gasteiger partial charge on any atom is -0.490 e. The van der Waals surface area contributed by atoms with Crippen LogP contribution in [0.5, 0.6) is 11.5 Å². The molecule has 0 bridgehead atoms. The number of benzene rings is 2. The summed E-state index contributed by atoms with van der Waals surface area (Å²) in [5.41, 5.74) is 1.61. The van der Waals surface area contributed by atoms with Crippen molar-refractivity contribution in [2.45, 2.75) is 76.9 Å². The summed E-state index contributed by atoms with van der Waals surface area (Å²) in [6.07, 6.45) is 10.4. The van der Waals surface area contributed by atoms with E-state index in [0.717, 1.165) is 62.9 Å². The molecule has 12 nitrogen and oxygen atoms in total. The van der Waals surface area contributed by atoms with Gasteiger partial charge in [0.15, 0.2) is 11.5 Å². The van der Waals surface area contributed by atoms with E-state index in [4.69, 9.17) is 27.9 Å². The smallest absolute Gasteiger partial charge is 0.387 e. The number of alkyl halides is 2. The SMILES string of the molecule is O=C1CCC(N2C(=O)c3cccc(N4CCC(CCCCCCCOc5cc(C(=O)Nc6c(Cl)cncc6Cl)ccc5OC(F)F)CC4)c3C2=O)C(=O)N1. The van der Waals surface area contributed by atoms with Crippen LogP contribution in [0.25, 0.3) is 0 Å². The van der Waals surface area contributed by atoms with Gasteiger partial charge in [-0.2, -0.15) is 8.78 Å². The number of unbranched alkanes of at least 4 members (excludes halogenated alkanes) is 4. The van der Waals surface area contributed by atoms with Gasteiger partial charge in [0.25, 0.3) is 17.7 Å². The summed E-state index contributed by atoms with van der Waals surface area (Å²) < 4.78 is 36.5. The standard InChI is InChI=1S/C38H39Cl2F2N5O7/c39-25-20-43-21-26(40)33(25)45-34(49)23-10-12-29(54-38(41)42)30(19-23)53-18-5-3-1-2-4-7-22-14-16-46(17-15-22)27-9-6-8-24-32(27)37(52)47(36(24)51)28-11-13-31(48)44-35(28)50/h6,8-10,12,19-22,28,38H,1-5,7,11,13-18H2,(H,43,45,49)(H,44,48,50). The van der Waals surface area contributed by atoms with Crippen LogP contribution in [0, 0.1) is 5.92 Å². The molecule has 2 saturated heterocycles. The molecular weight excluding hydrogens is 747 g/mol. The first-order valence-corrected chi connectivity index (χ1v) is 18.7. The van der Waals surface area contributed by atoms with Gasteiger partial charge in [-0.25, -0.2) is 0 Å². The van der Waals surface area contributed by atoms with Gasteiger partial charge in [-0.3, -0.25) is 39.2 Å². The molecule has 286 valence electrons. The number of carbonyl (C=O) groups excluding carboxylic acids is 5. The van der Waals surface area contributed by atoms with E-state index in [1.54, 1.807) is 12.1 Å². The van der Waals surface area contributed by atoms with Crippen molar-refractivity contribution in [2.24, 2.45) is 5.92 Å². The highest BCUT2D eigenvalue weighted by Crippen LogP contribution is 2.37. The zero-order chi connectivity index (χ0) is 38.4. The van der Waals surface area contributed by atoms with Crippen LogP contribution in [0.1, 0.15) is 95.3 Å². The van der Waals surface area contributed by atoms with Crippen molar-refractivity contribution in [2.75, 3.05) is 29.9 Å². The summed E-state index contributed by atoms with van der Waals surface area (Å²) in [4.78, 5) is 70.7. The highest BCUT2D eigenvalue weighted by molar-refractivity contribution is 6.39. The van der Waals surface area contributed by atoms with E-state index >= 15 is 0 Å². The number of ether oxygens (including phenoxy) is 2. The zero-order valence-corrected chi connectivity index (χ0v) is 30.8. The Morgan fingerprint density at radius 1 is 0.926 bits per heavy atom. The number of hydrogen-bond acceptors (Lipinski definition) is 9. The number of amides is 5. The van der Waals surface area contributed by atoms with Crippen LogP contribution in [0.4, 0.5) is 20.2 Å². The second kappa shape index (κ2) is 17.5. The van der Waals surface area contributed by atoms with E-state index < -0.39 is 42.2 Å². The summed E-state index contributed by atoms with van der Waals surface area (Å²) in [5.74, 6) is -2.25. The van der Waals surface area contributed by atoms with Gasteiger partial charge < -0.3 is 19.7 Å². The van der Waals surface area contributed by atoms with E-state index in [1.807, 2.05) is 6.07 Å². The van der Waals surface area contributed by atoms with Crippen molar-refractivity contribution in [1.82, 2.24) is 15.2 Å². The lowest BCUT2D eigenvalue weighted by atomic mass is 9.90. The summed E-state index contributed by atoms with van der Waals surface area (Å²) in [6, 6.07) is 8.14. The maximum absolute atomic E-state index is 13.5. The molecule has 3 aliphatic rings. The van der Waals surface area contributed by atoms with Gasteiger partial charge in [0, 0.05) is 37.5 Å². The second-order valence-electron chi connectivity index (χ2n) is 13.5. The topological polar surface area (TPSA) is 147 Å². The van der Waals surface area contributed by atoms with Crippen LogP contribution in [0.15, 0.2) is 48.8 Å². The Labute approximate surface area is 320 Å².